The number of nitrogens with one attached hydrogen (secondary N) is 1. The molecule has 0 aromatic carbocycles. The van der Waals surface area contributed by atoms with E-state index in [2.05, 4.69) is 22.1 Å². The Labute approximate surface area is 143 Å². The van der Waals surface area contributed by atoms with Gasteiger partial charge in [0.1, 0.15) is 11.0 Å². The van der Waals surface area contributed by atoms with Gasteiger partial charge in [0, 0.05) is 31.8 Å². The maximum absolute atomic E-state index is 12.4. The summed E-state index contributed by atoms with van der Waals surface area (Å²) in [6.45, 7) is 4.76. The quantitative estimate of drug-likeness (QED) is 0.715. The van der Waals surface area contributed by atoms with Crippen LogP contribution in [0.3, 0.4) is 0 Å². The number of hydrogen-bond donors (Lipinski definition) is 2. The van der Waals surface area contributed by atoms with E-state index in [0.717, 1.165) is 44.6 Å². The summed E-state index contributed by atoms with van der Waals surface area (Å²) in [6.07, 6.45) is 5.05. The largest absolute Gasteiger partial charge is 0.396 e. The molecular weight excluding hydrogens is 314 g/mol. The minimum atomic E-state index is -0.131. The molecule has 1 aliphatic rings. The van der Waals surface area contributed by atoms with Crippen LogP contribution in [-0.2, 0) is 0 Å². The zero-order chi connectivity index (χ0) is 16.7. The fourth-order valence-corrected chi connectivity index (χ4v) is 3.20. The van der Waals surface area contributed by atoms with E-state index in [1.165, 1.54) is 0 Å². The molecule has 128 valence electrons. The summed E-state index contributed by atoms with van der Waals surface area (Å²) in [7, 11) is 0. The number of hydrogen-bond acceptors (Lipinski definition) is 4. The fraction of sp³-hybridized carbons (Fsp3) is 0.647. The molecule has 1 aromatic heterocycles. The van der Waals surface area contributed by atoms with Crippen molar-refractivity contribution >= 4 is 23.3 Å². The highest BCUT2D eigenvalue weighted by Gasteiger charge is 2.17. The summed E-state index contributed by atoms with van der Waals surface area (Å²) in [4.78, 5) is 18.9. The number of aliphatic hydroxyl groups excluding tert-OH is 1. The number of aliphatic hydroxyl groups is 1. The van der Waals surface area contributed by atoms with Gasteiger partial charge in [-0.2, -0.15) is 0 Å². The van der Waals surface area contributed by atoms with Crippen LogP contribution in [-0.4, -0.2) is 42.2 Å². The lowest BCUT2D eigenvalue weighted by Crippen LogP contribution is -2.30. The standard InChI is InChI=1S/C17H26ClN3O2/c1-2-5-13(6-9-22)12-19-17(23)14-10-15(18)20-16(11-14)21-7-3-4-8-21/h10-11,13,22H,2-9,12H2,1H3,(H,19,23). The average Bonchev–Trinajstić information content (AvgIpc) is 3.06. The summed E-state index contributed by atoms with van der Waals surface area (Å²) in [6, 6.07) is 3.42. The third-order valence-corrected chi connectivity index (χ3v) is 4.45. The Balaban J connectivity index is 2.00. The van der Waals surface area contributed by atoms with Crippen molar-refractivity contribution in [2.75, 3.05) is 31.1 Å². The number of nitrogens with zero attached hydrogens (tertiary/aromatic N) is 2. The first-order valence-corrected chi connectivity index (χ1v) is 8.83. The number of anilines is 1. The molecule has 0 spiro atoms. The SMILES string of the molecule is CCCC(CCO)CNC(=O)c1cc(Cl)nc(N2CCCC2)c1. The molecule has 0 saturated carbocycles. The van der Waals surface area contributed by atoms with Crippen molar-refractivity contribution in [2.45, 2.75) is 39.0 Å². The highest BCUT2D eigenvalue weighted by molar-refractivity contribution is 6.29. The Bertz CT molecular complexity index is 513. The molecule has 2 heterocycles. The minimum absolute atomic E-state index is 0.131. The van der Waals surface area contributed by atoms with Gasteiger partial charge in [-0.25, -0.2) is 4.98 Å². The molecule has 5 nitrogen and oxygen atoms in total. The first kappa shape index (κ1) is 18.0. The number of carbonyl (C=O) groups is 1. The molecule has 0 bridgehead atoms. The molecule has 1 aliphatic heterocycles. The van der Waals surface area contributed by atoms with Crippen LogP contribution >= 0.6 is 11.6 Å². The number of carbonyl (C=O) groups excluding carboxylic acids is 1. The van der Waals surface area contributed by atoms with Crippen LogP contribution < -0.4 is 10.2 Å². The van der Waals surface area contributed by atoms with Crippen molar-refractivity contribution < 1.29 is 9.90 Å². The third-order valence-electron chi connectivity index (χ3n) is 4.26. The molecule has 0 aliphatic carbocycles. The predicted octanol–water partition coefficient (Wildman–Crippen LogP) is 2.86. The molecule has 1 fully saturated rings. The molecule has 1 saturated heterocycles. The van der Waals surface area contributed by atoms with E-state index < -0.39 is 0 Å². The molecule has 2 N–H and O–H groups in total. The second-order valence-electron chi connectivity index (χ2n) is 6.11. The van der Waals surface area contributed by atoms with Crippen LogP contribution in [0.15, 0.2) is 12.1 Å². The zero-order valence-electron chi connectivity index (χ0n) is 13.7. The van der Waals surface area contributed by atoms with Crippen molar-refractivity contribution in [3.63, 3.8) is 0 Å². The van der Waals surface area contributed by atoms with Crippen molar-refractivity contribution in [1.29, 1.82) is 0 Å². The lowest BCUT2D eigenvalue weighted by Gasteiger charge is -2.18. The smallest absolute Gasteiger partial charge is 0.251 e. The minimum Gasteiger partial charge on any atom is -0.396 e. The van der Waals surface area contributed by atoms with Crippen molar-refractivity contribution in [3.05, 3.63) is 22.8 Å². The van der Waals surface area contributed by atoms with Gasteiger partial charge in [0.15, 0.2) is 0 Å². The van der Waals surface area contributed by atoms with E-state index in [-0.39, 0.29) is 12.5 Å². The van der Waals surface area contributed by atoms with Crippen molar-refractivity contribution in [3.8, 4) is 0 Å². The van der Waals surface area contributed by atoms with E-state index in [1.807, 2.05) is 6.07 Å². The molecule has 23 heavy (non-hydrogen) atoms. The predicted molar refractivity (Wildman–Crippen MR) is 93.1 cm³/mol. The Morgan fingerprint density at radius 2 is 2.13 bits per heavy atom. The lowest BCUT2D eigenvalue weighted by atomic mass is 10.00. The molecule has 6 heteroatoms. The van der Waals surface area contributed by atoms with Crippen LogP contribution in [0.25, 0.3) is 0 Å². The van der Waals surface area contributed by atoms with E-state index >= 15 is 0 Å². The number of aromatic nitrogens is 1. The molecule has 1 atom stereocenters. The number of halogens is 1. The van der Waals surface area contributed by atoms with Crippen LogP contribution in [0.2, 0.25) is 5.15 Å². The maximum atomic E-state index is 12.4. The molecule has 1 amide bonds. The van der Waals surface area contributed by atoms with Gasteiger partial charge < -0.3 is 15.3 Å². The Kier molecular flexibility index (Phi) is 7.12. The third kappa shape index (κ3) is 5.36. The summed E-state index contributed by atoms with van der Waals surface area (Å²) in [5, 5.41) is 12.4. The lowest BCUT2D eigenvalue weighted by molar-refractivity contribution is 0.0943. The van der Waals surface area contributed by atoms with Gasteiger partial charge >= 0.3 is 0 Å². The summed E-state index contributed by atoms with van der Waals surface area (Å²) in [5.41, 5.74) is 0.547. The number of pyridine rings is 1. The van der Waals surface area contributed by atoms with Crippen LogP contribution in [0.4, 0.5) is 5.82 Å². The van der Waals surface area contributed by atoms with Crippen molar-refractivity contribution in [1.82, 2.24) is 10.3 Å². The highest BCUT2D eigenvalue weighted by atomic mass is 35.5. The Hall–Kier alpha value is -1.33. The van der Waals surface area contributed by atoms with Crippen LogP contribution in [0, 0.1) is 5.92 Å². The molecule has 2 rings (SSSR count). The Morgan fingerprint density at radius 3 is 2.78 bits per heavy atom. The Morgan fingerprint density at radius 1 is 1.39 bits per heavy atom. The second-order valence-corrected chi connectivity index (χ2v) is 6.50. The second kappa shape index (κ2) is 9.08. The monoisotopic (exact) mass is 339 g/mol. The maximum Gasteiger partial charge on any atom is 0.251 e. The molecule has 1 aromatic rings. The topological polar surface area (TPSA) is 65.5 Å². The van der Waals surface area contributed by atoms with Gasteiger partial charge in [-0.1, -0.05) is 24.9 Å². The van der Waals surface area contributed by atoms with Crippen LogP contribution in [0.5, 0.6) is 0 Å². The van der Waals surface area contributed by atoms with Crippen molar-refractivity contribution in [2.24, 2.45) is 5.92 Å². The fourth-order valence-electron chi connectivity index (χ4n) is 3.00. The summed E-state index contributed by atoms with van der Waals surface area (Å²) >= 11 is 6.08. The summed E-state index contributed by atoms with van der Waals surface area (Å²) in [5.74, 6) is 0.957. The highest BCUT2D eigenvalue weighted by Crippen LogP contribution is 2.22. The van der Waals surface area contributed by atoms with E-state index in [0.29, 0.717) is 29.6 Å². The molecule has 0 radical (unpaired) electrons. The number of rotatable bonds is 8. The van der Waals surface area contributed by atoms with Crippen LogP contribution in [0.1, 0.15) is 49.4 Å². The first-order valence-electron chi connectivity index (χ1n) is 8.45. The summed E-state index contributed by atoms with van der Waals surface area (Å²) < 4.78 is 0. The van der Waals surface area contributed by atoms with E-state index in [9.17, 15) is 4.79 Å². The average molecular weight is 340 g/mol. The van der Waals surface area contributed by atoms with E-state index in [1.54, 1.807) is 6.07 Å². The molecule has 1 unspecified atom stereocenters. The van der Waals surface area contributed by atoms with Gasteiger partial charge in [0.25, 0.3) is 5.91 Å². The van der Waals surface area contributed by atoms with E-state index in [4.69, 9.17) is 16.7 Å². The van der Waals surface area contributed by atoms with Gasteiger partial charge in [-0.3, -0.25) is 4.79 Å². The van der Waals surface area contributed by atoms with Gasteiger partial charge in [-0.15, -0.1) is 0 Å². The van der Waals surface area contributed by atoms with Gasteiger partial charge in [-0.05, 0) is 43.7 Å². The van der Waals surface area contributed by atoms with Gasteiger partial charge in [0.2, 0.25) is 0 Å². The molecular formula is C17H26ClN3O2. The normalized spacial score (nSPS) is 15.7. The first-order chi connectivity index (χ1) is 11.1. The van der Waals surface area contributed by atoms with Gasteiger partial charge in [0.05, 0.1) is 0 Å². The zero-order valence-corrected chi connectivity index (χ0v) is 14.5. The number of amides is 1.